The predicted molar refractivity (Wildman–Crippen MR) is 42.0 cm³/mol. The van der Waals surface area contributed by atoms with Crippen molar-refractivity contribution in [3.8, 4) is 0 Å². The van der Waals surface area contributed by atoms with E-state index in [1.54, 1.807) is 6.92 Å². The van der Waals surface area contributed by atoms with Crippen molar-refractivity contribution in [3.05, 3.63) is 23.8 Å². The van der Waals surface area contributed by atoms with E-state index in [1.165, 1.54) is 12.3 Å². The Kier molecular flexibility index (Phi) is 2.14. The summed E-state index contributed by atoms with van der Waals surface area (Å²) in [5.74, 6) is -0.942. The van der Waals surface area contributed by atoms with Crippen LogP contribution in [0.2, 0.25) is 0 Å². The van der Waals surface area contributed by atoms with Crippen molar-refractivity contribution >= 4 is 9.84 Å². The predicted octanol–water partition coefficient (Wildman–Crippen LogP) is 0.933. The van der Waals surface area contributed by atoms with Gasteiger partial charge in [-0.1, -0.05) is 0 Å². The Labute approximate surface area is 70.2 Å². The summed E-state index contributed by atoms with van der Waals surface area (Å²) < 4.78 is 34.6. The van der Waals surface area contributed by atoms with E-state index >= 15 is 0 Å². The molecule has 12 heavy (non-hydrogen) atoms. The third-order valence-electron chi connectivity index (χ3n) is 1.34. The Morgan fingerprint density at radius 1 is 1.50 bits per heavy atom. The second-order valence-electron chi connectivity index (χ2n) is 2.57. The van der Waals surface area contributed by atoms with Crippen molar-refractivity contribution in [3.63, 3.8) is 0 Å². The largest absolute Gasteiger partial charge is 0.231 e. The summed E-state index contributed by atoms with van der Waals surface area (Å²) in [6, 6.07) is 1.26. The highest BCUT2D eigenvalue weighted by atomic mass is 32.2. The average molecular weight is 189 g/mol. The first-order chi connectivity index (χ1) is 5.41. The molecule has 66 valence electrons. The van der Waals surface area contributed by atoms with Crippen molar-refractivity contribution < 1.29 is 12.8 Å². The third-order valence-corrected chi connectivity index (χ3v) is 2.43. The highest BCUT2D eigenvalue weighted by molar-refractivity contribution is 7.90. The summed E-state index contributed by atoms with van der Waals surface area (Å²) in [7, 11) is -3.49. The van der Waals surface area contributed by atoms with Crippen molar-refractivity contribution in [1.29, 1.82) is 0 Å². The van der Waals surface area contributed by atoms with Gasteiger partial charge >= 0.3 is 0 Å². The van der Waals surface area contributed by atoms with Gasteiger partial charge in [-0.05, 0) is 18.6 Å². The summed E-state index contributed by atoms with van der Waals surface area (Å²) in [6.45, 7) is 1.65. The van der Waals surface area contributed by atoms with Crippen LogP contribution >= 0.6 is 0 Å². The van der Waals surface area contributed by atoms with Gasteiger partial charge in [0.05, 0.1) is 0 Å². The number of aryl methyl sites for hydroxylation is 1. The van der Waals surface area contributed by atoms with E-state index in [0.717, 1.165) is 6.26 Å². The maximum absolute atomic E-state index is 12.8. The number of halogens is 1. The summed E-state index contributed by atoms with van der Waals surface area (Å²) in [5, 5.41) is 0. The minimum atomic E-state index is -3.49. The fraction of sp³-hybridized carbons (Fsp3) is 0.286. The van der Waals surface area contributed by atoms with Gasteiger partial charge in [0, 0.05) is 12.5 Å². The molecule has 0 atom stereocenters. The molecule has 0 fully saturated rings. The van der Waals surface area contributed by atoms with E-state index in [4.69, 9.17) is 0 Å². The van der Waals surface area contributed by atoms with E-state index < -0.39 is 15.8 Å². The number of sulfone groups is 1. The molecule has 0 aliphatic heterocycles. The Hall–Kier alpha value is -0.970. The van der Waals surface area contributed by atoms with Crippen LogP contribution in [0.25, 0.3) is 0 Å². The van der Waals surface area contributed by atoms with Gasteiger partial charge in [0.25, 0.3) is 0 Å². The lowest BCUT2D eigenvalue weighted by molar-refractivity contribution is 0.539. The maximum atomic E-state index is 12.8. The molecule has 0 aliphatic rings. The molecule has 1 aromatic heterocycles. The van der Waals surface area contributed by atoms with Crippen molar-refractivity contribution in [2.45, 2.75) is 11.8 Å². The minimum Gasteiger partial charge on any atom is -0.227 e. The second kappa shape index (κ2) is 2.82. The zero-order chi connectivity index (χ0) is 9.35. The van der Waals surface area contributed by atoms with E-state index in [-0.39, 0.29) is 4.90 Å². The molecule has 3 nitrogen and oxygen atoms in total. The molecule has 0 radical (unpaired) electrons. The Bertz CT molecular complexity index is 400. The lowest BCUT2D eigenvalue weighted by Crippen LogP contribution is -2.02. The van der Waals surface area contributed by atoms with Crippen LogP contribution in [0.5, 0.6) is 0 Å². The lowest BCUT2D eigenvalue weighted by Gasteiger charge is -1.99. The van der Waals surface area contributed by atoms with Crippen molar-refractivity contribution in [2.24, 2.45) is 0 Å². The molecular formula is C7H8FNO2S. The first-order valence-electron chi connectivity index (χ1n) is 3.23. The Morgan fingerprint density at radius 3 is 2.50 bits per heavy atom. The molecular weight excluding hydrogens is 181 g/mol. The number of hydrogen-bond acceptors (Lipinski definition) is 3. The first-order valence-corrected chi connectivity index (χ1v) is 5.12. The summed E-state index contributed by atoms with van der Waals surface area (Å²) in [6.07, 6.45) is 2.23. The van der Waals surface area contributed by atoms with Gasteiger partial charge in [0.1, 0.15) is 4.90 Å². The molecule has 0 saturated heterocycles. The van der Waals surface area contributed by atoms with Crippen LogP contribution in [-0.4, -0.2) is 19.7 Å². The van der Waals surface area contributed by atoms with Gasteiger partial charge in [-0.3, -0.25) is 0 Å². The highest BCUT2D eigenvalue weighted by Crippen LogP contribution is 2.12. The average Bonchev–Trinajstić information content (AvgIpc) is 1.92. The van der Waals surface area contributed by atoms with Gasteiger partial charge in [-0.2, -0.15) is 4.39 Å². The molecule has 0 unspecified atom stereocenters. The standard InChI is InChI=1S/C7H8FNO2S/c1-5-3-6(12(2,10)11)7(8)9-4-5/h3-4H,1-2H3. The molecule has 0 spiro atoms. The Morgan fingerprint density at radius 2 is 2.08 bits per heavy atom. The fourth-order valence-electron chi connectivity index (χ4n) is 0.786. The van der Waals surface area contributed by atoms with Gasteiger partial charge in [-0.25, -0.2) is 13.4 Å². The molecule has 0 amide bonds. The van der Waals surface area contributed by atoms with Gasteiger partial charge in [0.2, 0.25) is 5.95 Å². The normalized spacial score (nSPS) is 11.6. The first kappa shape index (κ1) is 9.12. The smallest absolute Gasteiger partial charge is 0.227 e. The van der Waals surface area contributed by atoms with E-state index in [1.807, 2.05) is 0 Å². The second-order valence-corrected chi connectivity index (χ2v) is 4.56. The Balaban J connectivity index is 3.43. The summed E-state index contributed by atoms with van der Waals surface area (Å²) in [4.78, 5) is 2.95. The zero-order valence-electron chi connectivity index (χ0n) is 6.70. The highest BCUT2D eigenvalue weighted by Gasteiger charge is 2.14. The fourth-order valence-corrected chi connectivity index (χ4v) is 1.54. The van der Waals surface area contributed by atoms with E-state index in [2.05, 4.69) is 4.98 Å². The lowest BCUT2D eigenvalue weighted by atomic mass is 10.3. The molecule has 0 bridgehead atoms. The molecule has 0 aliphatic carbocycles. The number of rotatable bonds is 1. The van der Waals surface area contributed by atoms with Crippen LogP contribution in [0.1, 0.15) is 5.56 Å². The van der Waals surface area contributed by atoms with Gasteiger partial charge < -0.3 is 0 Å². The van der Waals surface area contributed by atoms with Crippen LogP contribution < -0.4 is 0 Å². The number of aromatic nitrogens is 1. The molecule has 0 aromatic carbocycles. The SMILES string of the molecule is Cc1cnc(F)c(S(C)(=O)=O)c1. The monoisotopic (exact) mass is 189 g/mol. The summed E-state index contributed by atoms with van der Waals surface area (Å²) in [5.41, 5.74) is 0.622. The van der Waals surface area contributed by atoms with Crippen molar-refractivity contribution in [1.82, 2.24) is 4.98 Å². The van der Waals surface area contributed by atoms with Crippen molar-refractivity contribution in [2.75, 3.05) is 6.26 Å². The number of pyridine rings is 1. The summed E-state index contributed by atoms with van der Waals surface area (Å²) >= 11 is 0. The zero-order valence-corrected chi connectivity index (χ0v) is 7.52. The quantitative estimate of drug-likeness (QED) is 0.617. The molecule has 1 aromatic rings. The van der Waals surface area contributed by atoms with Crippen LogP contribution in [0.15, 0.2) is 17.2 Å². The van der Waals surface area contributed by atoms with Gasteiger partial charge in [-0.15, -0.1) is 0 Å². The van der Waals surface area contributed by atoms with Crippen LogP contribution in [0, 0.1) is 12.9 Å². The van der Waals surface area contributed by atoms with Crippen LogP contribution in [0.3, 0.4) is 0 Å². The molecule has 5 heteroatoms. The molecule has 0 saturated carbocycles. The number of nitrogens with zero attached hydrogens (tertiary/aromatic N) is 1. The molecule has 1 rings (SSSR count). The third kappa shape index (κ3) is 1.79. The van der Waals surface area contributed by atoms with E-state index in [0.29, 0.717) is 5.56 Å². The van der Waals surface area contributed by atoms with Crippen LogP contribution in [0.4, 0.5) is 4.39 Å². The topological polar surface area (TPSA) is 47.0 Å². The molecule has 1 heterocycles. The maximum Gasteiger partial charge on any atom is 0.231 e. The van der Waals surface area contributed by atoms with Gasteiger partial charge in [0.15, 0.2) is 9.84 Å². The minimum absolute atomic E-state index is 0.345. The van der Waals surface area contributed by atoms with E-state index in [9.17, 15) is 12.8 Å². The molecule has 0 N–H and O–H groups in total. The van der Waals surface area contributed by atoms with Crippen LogP contribution in [-0.2, 0) is 9.84 Å². The number of hydrogen-bond donors (Lipinski definition) is 0.